The molecule has 2 N–H and O–H groups in total. The molecule has 0 unspecified atom stereocenters. The second-order valence-corrected chi connectivity index (χ2v) is 6.90. The first-order chi connectivity index (χ1) is 11.6. The van der Waals surface area contributed by atoms with Gasteiger partial charge in [0, 0.05) is 18.5 Å². The minimum atomic E-state index is 0.620. The minimum absolute atomic E-state index is 0.620. The first-order valence-electron chi connectivity index (χ1n) is 8.63. The monoisotopic (exact) mass is 344 g/mol. The van der Waals surface area contributed by atoms with Crippen molar-refractivity contribution in [1.29, 1.82) is 0 Å². The summed E-state index contributed by atoms with van der Waals surface area (Å²) >= 11 is 1.71. The maximum atomic E-state index is 4.64. The largest absolute Gasteiger partial charge is 0.357 e. The summed E-state index contributed by atoms with van der Waals surface area (Å²) in [6.07, 6.45) is 1.98. The van der Waals surface area contributed by atoms with Crippen LogP contribution in [-0.2, 0) is 19.4 Å². The molecule has 1 aromatic carbocycles. The summed E-state index contributed by atoms with van der Waals surface area (Å²) < 4.78 is 0. The molecule has 0 radical (unpaired) electrons. The highest BCUT2D eigenvalue weighted by molar-refractivity contribution is 7.09. The van der Waals surface area contributed by atoms with Crippen molar-refractivity contribution in [3.63, 3.8) is 0 Å². The molecule has 2 aromatic rings. The van der Waals surface area contributed by atoms with Gasteiger partial charge in [0.15, 0.2) is 5.96 Å². The number of hydrogen-bond acceptors (Lipinski definition) is 3. The van der Waals surface area contributed by atoms with E-state index >= 15 is 0 Å². The number of rotatable bonds is 7. The fourth-order valence-electron chi connectivity index (χ4n) is 2.62. The van der Waals surface area contributed by atoms with Gasteiger partial charge in [0.25, 0.3) is 0 Å². The lowest BCUT2D eigenvalue weighted by Gasteiger charge is -2.11. The standard InChI is InChI=1S/C19H28N4S/c1-5-18-23-17(13-24-18)12-22-19(20-6-2)21-8-7-16-10-14(3)9-15(4)11-16/h9-11,13H,5-8,12H2,1-4H3,(H2,20,21,22). The van der Waals surface area contributed by atoms with Crippen molar-refractivity contribution in [1.82, 2.24) is 15.6 Å². The van der Waals surface area contributed by atoms with Gasteiger partial charge in [-0.1, -0.05) is 36.2 Å². The molecule has 5 heteroatoms. The van der Waals surface area contributed by atoms with Crippen molar-refractivity contribution < 1.29 is 0 Å². The van der Waals surface area contributed by atoms with E-state index in [1.54, 1.807) is 11.3 Å². The number of nitrogens with one attached hydrogen (secondary N) is 2. The van der Waals surface area contributed by atoms with E-state index in [-0.39, 0.29) is 0 Å². The molecule has 0 aliphatic carbocycles. The van der Waals surface area contributed by atoms with E-state index < -0.39 is 0 Å². The van der Waals surface area contributed by atoms with Crippen LogP contribution in [0.3, 0.4) is 0 Å². The van der Waals surface area contributed by atoms with Crippen molar-refractivity contribution in [3.05, 3.63) is 51.0 Å². The summed E-state index contributed by atoms with van der Waals surface area (Å²) in [5.74, 6) is 0.855. The maximum Gasteiger partial charge on any atom is 0.191 e. The van der Waals surface area contributed by atoms with Crippen LogP contribution in [0, 0.1) is 13.8 Å². The highest BCUT2D eigenvalue weighted by Gasteiger charge is 2.02. The predicted molar refractivity (Wildman–Crippen MR) is 104 cm³/mol. The molecule has 1 heterocycles. The first kappa shape index (κ1) is 18.5. The molecule has 0 fully saturated rings. The SMILES string of the molecule is CCNC(=NCc1csc(CC)n1)NCCc1cc(C)cc(C)c1. The van der Waals surface area contributed by atoms with Crippen LogP contribution < -0.4 is 10.6 Å². The molecule has 2 rings (SSSR count). The molecule has 0 aliphatic heterocycles. The zero-order chi connectivity index (χ0) is 17.4. The summed E-state index contributed by atoms with van der Waals surface area (Å²) in [5, 5.41) is 9.98. The van der Waals surface area contributed by atoms with Crippen molar-refractivity contribution in [2.24, 2.45) is 4.99 Å². The lowest BCUT2D eigenvalue weighted by molar-refractivity contribution is 0.796. The van der Waals surface area contributed by atoms with Gasteiger partial charge in [0.05, 0.1) is 17.2 Å². The van der Waals surface area contributed by atoms with Gasteiger partial charge in [-0.15, -0.1) is 11.3 Å². The van der Waals surface area contributed by atoms with Crippen molar-refractivity contribution in [2.75, 3.05) is 13.1 Å². The van der Waals surface area contributed by atoms with Gasteiger partial charge in [-0.3, -0.25) is 0 Å². The van der Waals surface area contributed by atoms with E-state index in [4.69, 9.17) is 0 Å². The van der Waals surface area contributed by atoms with Crippen molar-refractivity contribution in [3.8, 4) is 0 Å². The van der Waals surface area contributed by atoms with Crippen molar-refractivity contribution in [2.45, 2.75) is 47.1 Å². The molecule has 4 nitrogen and oxygen atoms in total. The number of aromatic nitrogens is 1. The lowest BCUT2D eigenvalue weighted by atomic mass is 10.1. The molecule has 1 aromatic heterocycles. The van der Waals surface area contributed by atoms with Gasteiger partial charge in [0.1, 0.15) is 0 Å². The number of benzene rings is 1. The maximum absolute atomic E-state index is 4.64. The summed E-state index contributed by atoms with van der Waals surface area (Å²) in [5.41, 5.74) is 5.05. The van der Waals surface area contributed by atoms with Crippen LogP contribution in [0.5, 0.6) is 0 Å². The summed E-state index contributed by atoms with van der Waals surface area (Å²) in [4.78, 5) is 9.20. The van der Waals surface area contributed by atoms with E-state index in [0.717, 1.165) is 37.6 Å². The van der Waals surface area contributed by atoms with E-state index in [2.05, 4.69) is 71.9 Å². The first-order valence-corrected chi connectivity index (χ1v) is 9.51. The van der Waals surface area contributed by atoms with Crippen LogP contribution in [0.15, 0.2) is 28.6 Å². The average Bonchev–Trinajstić information content (AvgIpc) is 3.00. The normalized spacial score (nSPS) is 11.6. The van der Waals surface area contributed by atoms with Crippen LogP contribution >= 0.6 is 11.3 Å². The highest BCUT2D eigenvalue weighted by atomic mass is 32.1. The topological polar surface area (TPSA) is 49.3 Å². The minimum Gasteiger partial charge on any atom is -0.357 e. The quantitative estimate of drug-likeness (QED) is 0.596. The number of guanidine groups is 1. The van der Waals surface area contributed by atoms with Gasteiger partial charge >= 0.3 is 0 Å². The molecular weight excluding hydrogens is 316 g/mol. The Labute approximate surface area is 149 Å². The molecular formula is C19H28N4S. The molecule has 0 saturated carbocycles. The zero-order valence-electron chi connectivity index (χ0n) is 15.1. The van der Waals surface area contributed by atoms with Gasteiger partial charge in [0.2, 0.25) is 0 Å². The third-order valence-corrected chi connectivity index (χ3v) is 4.67. The molecule has 0 saturated heterocycles. The van der Waals surface area contributed by atoms with E-state index in [0.29, 0.717) is 6.54 Å². The number of aliphatic imine (C=N–C) groups is 1. The van der Waals surface area contributed by atoms with Crippen LogP contribution in [-0.4, -0.2) is 24.0 Å². The molecule has 0 atom stereocenters. The zero-order valence-corrected chi connectivity index (χ0v) is 16.0. The van der Waals surface area contributed by atoms with E-state index in [1.165, 1.54) is 21.7 Å². The van der Waals surface area contributed by atoms with Gasteiger partial charge in [-0.2, -0.15) is 0 Å². The lowest BCUT2D eigenvalue weighted by Crippen LogP contribution is -2.38. The Morgan fingerprint density at radius 1 is 1.12 bits per heavy atom. The Bertz CT molecular complexity index is 656. The molecule has 0 bridgehead atoms. The number of hydrogen-bond donors (Lipinski definition) is 2. The van der Waals surface area contributed by atoms with Gasteiger partial charge < -0.3 is 10.6 Å². The number of thiazole rings is 1. The number of aryl methyl sites for hydroxylation is 3. The summed E-state index contributed by atoms with van der Waals surface area (Å²) in [6, 6.07) is 6.71. The van der Waals surface area contributed by atoms with Crippen LogP contribution in [0.2, 0.25) is 0 Å². The van der Waals surface area contributed by atoms with E-state index in [1.807, 2.05) is 0 Å². The Kier molecular flexibility index (Phi) is 7.25. The predicted octanol–water partition coefficient (Wildman–Crippen LogP) is 3.62. The molecule has 0 spiro atoms. The molecule has 0 aliphatic rings. The average molecular weight is 345 g/mol. The smallest absolute Gasteiger partial charge is 0.191 e. The van der Waals surface area contributed by atoms with Crippen molar-refractivity contribution >= 4 is 17.3 Å². The Morgan fingerprint density at radius 3 is 2.50 bits per heavy atom. The molecule has 130 valence electrons. The van der Waals surface area contributed by atoms with Crippen LogP contribution in [0.25, 0.3) is 0 Å². The molecule has 24 heavy (non-hydrogen) atoms. The summed E-state index contributed by atoms with van der Waals surface area (Å²) in [6.45, 7) is 10.8. The third kappa shape index (κ3) is 5.96. The van der Waals surface area contributed by atoms with Crippen LogP contribution in [0.4, 0.5) is 0 Å². The second kappa shape index (κ2) is 9.42. The van der Waals surface area contributed by atoms with Gasteiger partial charge in [-0.25, -0.2) is 9.98 Å². The Morgan fingerprint density at radius 2 is 1.88 bits per heavy atom. The fraction of sp³-hybridized carbons (Fsp3) is 0.474. The Hall–Kier alpha value is -1.88. The summed E-state index contributed by atoms with van der Waals surface area (Å²) in [7, 11) is 0. The fourth-order valence-corrected chi connectivity index (χ4v) is 3.36. The second-order valence-electron chi connectivity index (χ2n) is 5.95. The molecule has 0 amide bonds. The van der Waals surface area contributed by atoms with E-state index in [9.17, 15) is 0 Å². The highest BCUT2D eigenvalue weighted by Crippen LogP contribution is 2.11. The van der Waals surface area contributed by atoms with Crippen LogP contribution in [0.1, 0.15) is 41.2 Å². The Balaban J connectivity index is 1.89. The number of nitrogens with zero attached hydrogens (tertiary/aromatic N) is 2. The van der Waals surface area contributed by atoms with Gasteiger partial charge in [-0.05, 0) is 39.2 Å². The third-order valence-electron chi connectivity index (χ3n) is 3.63.